The SMILES string of the molecule is CC(C)(C)C(=O)N1CCCN(C(=O)CCCN2C(=O)c3ccc([N+](=O)[O-])cc3C2=O)CC1. The lowest BCUT2D eigenvalue weighted by molar-refractivity contribution is -0.384. The Hall–Kier alpha value is -3.30. The van der Waals surface area contributed by atoms with Gasteiger partial charge >= 0.3 is 0 Å². The molecule has 4 amide bonds. The topological polar surface area (TPSA) is 121 Å². The molecule has 2 heterocycles. The molecule has 1 aromatic rings. The zero-order valence-corrected chi connectivity index (χ0v) is 18.6. The molecule has 0 unspecified atom stereocenters. The van der Waals surface area contributed by atoms with E-state index in [1.54, 1.807) is 9.80 Å². The predicted octanol–water partition coefficient (Wildman–Crippen LogP) is 2.08. The van der Waals surface area contributed by atoms with Crippen molar-refractivity contribution < 1.29 is 24.1 Å². The molecule has 32 heavy (non-hydrogen) atoms. The van der Waals surface area contributed by atoms with Crippen molar-refractivity contribution in [1.29, 1.82) is 0 Å². The average molecular weight is 444 g/mol. The molecular formula is C22H28N4O6. The van der Waals surface area contributed by atoms with Gasteiger partial charge in [-0.1, -0.05) is 20.8 Å². The number of nitrogens with zero attached hydrogens (tertiary/aromatic N) is 4. The van der Waals surface area contributed by atoms with Gasteiger partial charge in [-0.3, -0.25) is 34.2 Å². The van der Waals surface area contributed by atoms with Crippen LogP contribution in [0.15, 0.2) is 18.2 Å². The fourth-order valence-corrected chi connectivity index (χ4v) is 3.99. The maximum absolute atomic E-state index is 12.7. The van der Waals surface area contributed by atoms with Crippen LogP contribution in [0.25, 0.3) is 0 Å². The van der Waals surface area contributed by atoms with Crippen LogP contribution in [0.3, 0.4) is 0 Å². The summed E-state index contributed by atoms with van der Waals surface area (Å²) in [7, 11) is 0. The highest BCUT2D eigenvalue weighted by Gasteiger charge is 2.36. The number of fused-ring (bicyclic) bond motifs is 1. The third kappa shape index (κ3) is 4.79. The van der Waals surface area contributed by atoms with Gasteiger partial charge in [0, 0.05) is 56.7 Å². The minimum absolute atomic E-state index is 0.0200. The molecule has 0 bridgehead atoms. The first kappa shape index (κ1) is 23.4. The molecule has 1 fully saturated rings. The predicted molar refractivity (Wildman–Crippen MR) is 115 cm³/mol. The number of nitro benzene ring substituents is 1. The van der Waals surface area contributed by atoms with E-state index in [-0.39, 0.29) is 41.6 Å². The molecule has 0 saturated carbocycles. The van der Waals surface area contributed by atoms with Gasteiger partial charge in [-0.15, -0.1) is 0 Å². The number of non-ortho nitro benzene ring substituents is 1. The number of imide groups is 1. The van der Waals surface area contributed by atoms with Crippen LogP contribution >= 0.6 is 0 Å². The van der Waals surface area contributed by atoms with E-state index < -0.39 is 22.2 Å². The Morgan fingerprint density at radius 1 is 1.00 bits per heavy atom. The van der Waals surface area contributed by atoms with Gasteiger partial charge in [0.1, 0.15) is 0 Å². The molecule has 0 atom stereocenters. The fourth-order valence-electron chi connectivity index (χ4n) is 3.99. The van der Waals surface area contributed by atoms with Gasteiger partial charge in [0.25, 0.3) is 17.5 Å². The Morgan fingerprint density at radius 3 is 2.28 bits per heavy atom. The van der Waals surface area contributed by atoms with Gasteiger partial charge in [-0.05, 0) is 18.9 Å². The number of carbonyl (C=O) groups is 4. The summed E-state index contributed by atoms with van der Waals surface area (Å²) in [4.78, 5) is 65.1. The van der Waals surface area contributed by atoms with Crippen LogP contribution in [0, 0.1) is 15.5 Å². The Morgan fingerprint density at radius 2 is 1.62 bits per heavy atom. The average Bonchev–Trinajstić information content (AvgIpc) is 2.91. The lowest BCUT2D eigenvalue weighted by Gasteiger charge is -2.28. The molecule has 0 N–H and O–H groups in total. The van der Waals surface area contributed by atoms with Gasteiger partial charge in [0.05, 0.1) is 16.1 Å². The molecule has 0 aromatic heterocycles. The quantitative estimate of drug-likeness (QED) is 0.389. The van der Waals surface area contributed by atoms with Crippen molar-refractivity contribution >= 4 is 29.3 Å². The zero-order valence-electron chi connectivity index (χ0n) is 18.6. The highest BCUT2D eigenvalue weighted by Crippen LogP contribution is 2.27. The smallest absolute Gasteiger partial charge is 0.270 e. The van der Waals surface area contributed by atoms with Crippen LogP contribution in [0.5, 0.6) is 0 Å². The molecule has 3 rings (SSSR count). The number of carbonyl (C=O) groups excluding carboxylic acids is 4. The Bertz CT molecular complexity index is 968. The van der Waals surface area contributed by atoms with Crippen LogP contribution in [0.4, 0.5) is 5.69 Å². The van der Waals surface area contributed by atoms with E-state index in [9.17, 15) is 29.3 Å². The van der Waals surface area contributed by atoms with Crippen LogP contribution < -0.4 is 0 Å². The second-order valence-electron chi connectivity index (χ2n) is 9.13. The Kier molecular flexibility index (Phi) is 6.61. The Balaban J connectivity index is 1.53. The van der Waals surface area contributed by atoms with Gasteiger partial charge in [-0.2, -0.15) is 0 Å². The summed E-state index contributed by atoms with van der Waals surface area (Å²) in [6.45, 7) is 7.80. The molecule has 0 radical (unpaired) electrons. The van der Waals surface area contributed by atoms with Crippen molar-refractivity contribution in [2.45, 2.75) is 40.0 Å². The number of hydrogen-bond donors (Lipinski definition) is 0. The largest absolute Gasteiger partial charge is 0.341 e. The van der Waals surface area contributed by atoms with Crippen molar-refractivity contribution in [1.82, 2.24) is 14.7 Å². The van der Waals surface area contributed by atoms with E-state index in [0.29, 0.717) is 39.0 Å². The molecule has 1 saturated heterocycles. The van der Waals surface area contributed by atoms with Crippen LogP contribution in [-0.2, 0) is 9.59 Å². The second-order valence-corrected chi connectivity index (χ2v) is 9.13. The van der Waals surface area contributed by atoms with E-state index >= 15 is 0 Å². The number of benzene rings is 1. The molecule has 1 aromatic carbocycles. The zero-order chi connectivity index (χ0) is 23.6. The summed E-state index contributed by atoms with van der Waals surface area (Å²) in [6, 6.07) is 3.60. The van der Waals surface area contributed by atoms with E-state index in [4.69, 9.17) is 0 Å². The van der Waals surface area contributed by atoms with Gasteiger partial charge < -0.3 is 9.80 Å². The molecular weight excluding hydrogens is 416 g/mol. The molecule has 0 aliphatic carbocycles. The number of nitro groups is 1. The van der Waals surface area contributed by atoms with Crippen molar-refractivity contribution in [2.24, 2.45) is 5.41 Å². The molecule has 10 nitrogen and oxygen atoms in total. The highest BCUT2D eigenvalue weighted by atomic mass is 16.6. The maximum Gasteiger partial charge on any atom is 0.270 e. The van der Waals surface area contributed by atoms with Gasteiger partial charge in [0.15, 0.2) is 0 Å². The Labute approximate surface area is 186 Å². The third-order valence-corrected chi connectivity index (χ3v) is 5.71. The summed E-state index contributed by atoms with van der Waals surface area (Å²) >= 11 is 0. The summed E-state index contributed by atoms with van der Waals surface area (Å²) in [5.74, 6) is -1.09. The van der Waals surface area contributed by atoms with E-state index in [1.165, 1.54) is 12.1 Å². The minimum atomic E-state index is -0.614. The summed E-state index contributed by atoms with van der Waals surface area (Å²) < 4.78 is 0. The van der Waals surface area contributed by atoms with E-state index in [1.807, 2.05) is 20.8 Å². The second kappa shape index (κ2) is 9.05. The van der Waals surface area contributed by atoms with Crippen LogP contribution in [0.1, 0.15) is 60.7 Å². The summed E-state index contributed by atoms with van der Waals surface area (Å²) in [5, 5.41) is 10.9. The normalized spacial score (nSPS) is 16.8. The summed E-state index contributed by atoms with van der Waals surface area (Å²) in [6.07, 6.45) is 1.17. The molecule has 172 valence electrons. The number of amides is 4. The molecule has 2 aliphatic rings. The lowest BCUT2D eigenvalue weighted by atomic mass is 9.94. The van der Waals surface area contributed by atoms with Crippen LogP contribution in [0.2, 0.25) is 0 Å². The minimum Gasteiger partial charge on any atom is -0.341 e. The third-order valence-electron chi connectivity index (χ3n) is 5.71. The maximum atomic E-state index is 12.7. The first-order valence-electron chi connectivity index (χ1n) is 10.7. The van der Waals surface area contributed by atoms with Crippen molar-refractivity contribution in [3.63, 3.8) is 0 Å². The highest BCUT2D eigenvalue weighted by molar-refractivity contribution is 6.21. The molecule has 2 aliphatic heterocycles. The number of rotatable bonds is 5. The lowest BCUT2D eigenvalue weighted by Crippen LogP contribution is -2.42. The summed E-state index contributed by atoms with van der Waals surface area (Å²) in [5.41, 5.74) is -0.553. The fraction of sp³-hybridized carbons (Fsp3) is 0.545. The monoisotopic (exact) mass is 444 g/mol. The van der Waals surface area contributed by atoms with Crippen LogP contribution in [-0.4, -0.2) is 76.0 Å². The molecule has 0 spiro atoms. The van der Waals surface area contributed by atoms with Crippen molar-refractivity contribution in [3.8, 4) is 0 Å². The molecule has 10 heteroatoms. The van der Waals surface area contributed by atoms with Crippen molar-refractivity contribution in [3.05, 3.63) is 39.4 Å². The first-order valence-corrected chi connectivity index (χ1v) is 10.7. The van der Waals surface area contributed by atoms with E-state index in [0.717, 1.165) is 11.0 Å². The van der Waals surface area contributed by atoms with E-state index in [2.05, 4.69) is 0 Å². The standard InChI is InChI=1S/C22H28N4O6/c1-22(2,3)21(30)24-10-5-9-23(12-13-24)18(27)6-4-11-25-19(28)16-8-7-15(26(31)32)14-17(16)20(25)29/h7-8,14H,4-6,9-13H2,1-3H3. The van der Waals surface area contributed by atoms with Crippen molar-refractivity contribution in [2.75, 3.05) is 32.7 Å². The van der Waals surface area contributed by atoms with Gasteiger partial charge in [-0.25, -0.2) is 0 Å². The first-order chi connectivity index (χ1) is 15.0. The van der Waals surface area contributed by atoms with Gasteiger partial charge in [0.2, 0.25) is 11.8 Å². The number of hydrogen-bond acceptors (Lipinski definition) is 6.